The highest BCUT2D eigenvalue weighted by Gasteiger charge is 2.18. The standard InChI is InChI=1S/C17H17N3O5S.ClH/c1-10(21)11-3-6-13(7-4-11)25-14-8-5-12(16(22)20-17(18)19)9-15(14)26(2,23)24;/h3-9H,1-2H3,(H4,18,19,20,22);1H. The monoisotopic (exact) mass is 411 g/mol. The van der Waals surface area contributed by atoms with Crippen LogP contribution >= 0.6 is 12.4 Å². The van der Waals surface area contributed by atoms with E-state index in [1.54, 1.807) is 24.3 Å². The zero-order chi connectivity index (χ0) is 19.5. The summed E-state index contributed by atoms with van der Waals surface area (Å²) in [5.74, 6) is -0.933. The smallest absolute Gasteiger partial charge is 0.280 e. The number of hydrogen-bond acceptors (Lipinski definition) is 5. The molecule has 4 N–H and O–H groups in total. The predicted molar refractivity (Wildman–Crippen MR) is 103 cm³/mol. The number of carbonyl (C=O) groups excluding carboxylic acids is 2. The van der Waals surface area contributed by atoms with Crippen molar-refractivity contribution in [3.05, 3.63) is 53.6 Å². The molecule has 0 fully saturated rings. The summed E-state index contributed by atoms with van der Waals surface area (Å²) in [6.45, 7) is 1.43. The lowest BCUT2D eigenvalue weighted by Crippen LogP contribution is -2.24. The molecule has 0 spiro atoms. The van der Waals surface area contributed by atoms with Crippen LogP contribution in [0.3, 0.4) is 0 Å². The normalized spacial score (nSPS) is 10.4. The van der Waals surface area contributed by atoms with Gasteiger partial charge in [-0.1, -0.05) is 0 Å². The summed E-state index contributed by atoms with van der Waals surface area (Å²) >= 11 is 0. The number of ketones is 1. The minimum atomic E-state index is -3.70. The lowest BCUT2D eigenvalue weighted by Gasteiger charge is -2.11. The molecule has 1 amide bonds. The van der Waals surface area contributed by atoms with E-state index >= 15 is 0 Å². The number of benzene rings is 2. The Balaban J connectivity index is 0.00000364. The molecule has 0 radical (unpaired) electrons. The SMILES string of the molecule is CC(=O)c1ccc(Oc2ccc(C(=O)N=C(N)N)cc2S(C)(=O)=O)cc1.Cl. The Labute approximate surface area is 162 Å². The largest absolute Gasteiger partial charge is 0.456 e. The molecule has 2 rings (SSSR count). The maximum absolute atomic E-state index is 12.1. The molecule has 0 aliphatic heterocycles. The van der Waals surface area contributed by atoms with Crippen molar-refractivity contribution in [1.82, 2.24) is 0 Å². The summed E-state index contributed by atoms with van der Waals surface area (Å²) in [5, 5.41) is 0. The van der Waals surface area contributed by atoms with Crippen molar-refractivity contribution in [3.63, 3.8) is 0 Å². The summed E-state index contributed by atoms with van der Waals surface area (Å²) in [6, 6.07) is 10.0. The van der Waals surface area contributed by atoms with E-state index in [9.17, 15) is 18.0 Å². The third kappa shape index (κ3) is 5.80. The fraction of sp³-hybridized carbons (Fsp3) is 0.118. The number of Topliss-reactive ketones (excluding diaryl/α,β-unsaturated/α-hetero) is 1. The number of aliphatic imine (C=N–C) groups is 1. The van der Waals surface area contributed by atoms with Crippen LogP contribution in [0.2, 0.25) is 0 Å². The van der Waals surface area contributed by atoms with Crippen molar-refractivity contribution in [2.24, 2.45) is 16.5 Å². The van der Waals surface area contributed by atoms with E-state index in [1.165, 1.54) is 19.1 Å². The van der Waals surface area contributed by atoms with E-state index < -0.39 is 21.7 Å². The fourth-order valence-electron chi connectivity index (χ4n) is 2.08. The maximum Gasteiger partial charge on any atom is 0.280 e. The molecule has 0 saturated heterocycles. The van der Waals surface area contributed by atoms with Crippen LogP contribution in [0.5, 0.6) is 11.5 Å². The van der Waals surface area contributed by atoms with E-state index in [-0.39, 0.29) is 34.4 Å². The van der Waals surface area contributed by atoms with Crippen LogP contribution in [0, 0.1) is 0 Å². The number of nitrogens with zero attached hydrogens (tertiary/aromatic N) is 1. The van der Waals surface area contributed by atoms with Gasteiger partial charge in [-0.3, -0.25) is 9.59 Å². The van der Waals surface area contributed by atoms with Gasteiger partial charge in [-0.25, -0.2) is 8.42 Å². The predicted octanol–water partition coefficient (Wildman–Crippen LogP) is 1.92. The number of nitrogens with two attached hydrogens (primary N) is 2. The number of sulfone groups is 1. The van der Waals surface area contributed by atoms with Crippen molar-refractivity contribution in [2.45, 2.75) is 11.8 Å². The first kappa shape index (κ1) is 22.1. The minimum Gasteiger partial charge on any atom is -0.456 e. The summed E-state index contributed by atoms with van der Waals surface area (Å²) in [6.07, 6.45) is 0.989. The molecule has 8 nitrogen and oxygen atoms in total. The Morgan fingerprint density at radius 2 is 1.56 bits per heavy atom. The molecule has 2 aromatic carbocycles. The zero-order valence-electron chi connectivity index (χ0n) is 14.5. The molecule has 27 heavy (non-hydrogen) atoms. The van der Waals surface area contributed by atoms with Crippen molar-refractivity contribution in [1.29, 1.82) is 0 Å². The highest BCUT2D eigenvalue weighted by Crippen LogP contribution is 2.30. The van der Waals surface area contributed by atoms with Gasteiger partial charge in [-0.2, -0.15) is 4.99 Å². The van der Waals surface area contributed by atoms with Crippen molar-refractivity contribution >= 4 is 39.9 Å². The average Bonchev–Trinajstić information content (AvgIpc) is 2.54. The zero-order valence-corrected chi connectivity index (χ0v) is 16.1. The molecule has 0 atom stereocenters. The van der Waals surface area contributed by atoms with Gasteiger partial charge in [0.1, 0.15) is 16.4 Å². The van der Waals surface area contributed by atoms with Gasteiger partial charge in [0.2, 0.25) is 0 Å². The van der Waals surface area contributed by atoms with E-state index in [0.717, 1.165) is 12.3 Å². The second-order valence-electron chi connectivity index (χ2n) is 5.46. The van der Waals surface area contributed by atoms with Gasteiger partial charge in [-0.15, -0.1) is 12.4 Å². The lowest BCUT2D eigenvalue weighted by atomic mass is 10.1. The quantitative estimate of drug-likeness (QED) is 0.434. The first-order valence-corrected chi connectivity index (χ1v) is 9.24. The molecule has 0 heterocycles. The summed E-state index contributed by atoms with van der Waals surface area (Å²) < 4.78 is 29.7. The fourth-order valence-corrected chi connectivity index (χ4v) is 2.90. The van der Waals surface area contributed by atoms with Gasteiger partial charge < -0.3 is 16.2 Å². The van der Waals surface area contributed by atoms with Crippen LogP contribution in [0.15, 0.2) is 52.4 Å². The van der Waals surface area contributed by atoms with Crippen LogP contribution in [-0.2, 0) is 9.84 Å². The molecule has 10 heteroatoms. The second kappa shape index (κ2) is 8.65. The molecule has 0 bridgehead atoms. The lowest BCUT2D eigenvalue weighted by molar-refractivity contribution is 0.0998. The van der Waals surface area contributed by atoms with Crippen LogP contribution in [0.25, 0.3) is 0 Å². The van der Waals surface area contributed by atoms with Crippen molar-refractivity contribution < 1.29 is 22.7 Å². The Bertz CT molecular complexity index is 998. The number of rotatable bonds is 5. The molecule has 0 unspecified atom stereocenters. The van der Waals surface area contributed by atoms with Crippen molar-refractivity contribution in [2.75, 3.05) is 6.26 Å². The van der Waals surface area contributed by atoms with Gasteiger partial charge in [-0.05, 0) is 49.4 Å². The van der Waals surface area contributed by atoms with Crippen LogP contribution in [-0.4, -0.2) is 32.3 Å². The number of hydrogen-bond donors (Lipinski definition) is 2. The number of guanidine groups is 1. The molecule has 0 saturated carbocycles. The third-order valence-electron chi connectivity index (χ3n) is 3.31. The van der Waals surface area contributed by atoms with E-state index in [1.807, 2.05) is 0 Å². The first-order valence-electron chi connectivity index (χ1n) is 7.35. The Morgan fingerprint density at radius 3 is 2.04 bits per heavy atom. The maximum atomic E-state index is 12.1. The van der Waals surface area contributed by atoms with Gasteiger partial charge in [0.15, 0.2) is 21.6 Å². The van der Waals surface area contributed by atoms with E-state index in [0.29, 0.717) is 11.3 Å². The molecule has 0 aromatic heterocycles. The molecule has 144 valence electrons. The van der Waals surface area contributed by atoms with Gasteiger partial charge >= 0.3 is 0 Å². The first-order chi connectivity index (χ1) is 12.1. The Morgan fingerprint density at radius 1 is 1.00 bits per heavy atom. The third-order valence-corrected chi connectivity index (χ3v) is 4.43. The molecular weight excluding hydrogens is 394 g/mol. The van der Waals surface area contributed by atoms with Gasteiger partial charge in [0, 0.05) is 17.4 Å². The Kier molecular flexibility index (Phi) is 7.09. The summed E-state index contributed by atoms with van der Waals surface area (Å²) in [7, 11) is -3.70. The highest BCUT2D eigenvalue weighted by atomic mass is 35.5. The number of ether oxygens (including phenoxy) is 1. The van der Waals surface area contributed by atoms with Crippen LogP contribution < -0.4 is 16.2 Å². The second-order valence-corrected chi connectivity index (χ2v) is 7.44. The number of halogens is 1. The van der Waals surface area contributed by atoms with Crippen molar-refractivity contribution in [3.8, 4) is 11.5 Å². The summed E-state index contributed by atoms with van der Waals surface area (Å²) in [4.78, 5) is 26.4. The Hall–Kier alpha value is -2.91. The molecule has 0 aliphatic carbocycles. The van der Waals surface area contributed by atoms with E-state index in [2.05, 4.69) is 4.99 Å². The van der Waals surface area contributed by atoms with Crippen LogP contribution in [0.1, 0.15) is 27.6 Å². The van der Waals surface area contributed by atoms with Crippen LogP contribution in [0.4, 0.5) is 0 Å². The topological polar surface area (TPSA) is 142 Å². The summed E-state index contributed by atoms with van der Waals surface area (Å²) in [5.41, 5.74) is 10.8. The average molecular weight is 412 g/mol. The minimum absolute atomic E-state index is 0. The number of amides is 1. The molecule has 0 aliphatic rings. The molecular formula is C17H18ClN3O5S. The highest BCUT2D eigenvalue weighted by molar-refractivity contribution is 7.90. The van der Waals surface area contributed by atoms with Gasteiger partial charge in [0.25, 0.3) is 5.91 Å². The van der Waals surface area contributed by atoms with Gasteiger partial charge in [0.05, 0.1) is 0 Å². The van der Waals surface area contributed by atoms with E-state index in [4.69, 9.17) is 16.2 Å². The molecule has 2 aromatic rings. The number of carbonyl (C=O) groups is 2.